The van der Waals surface area contributed by atoms with Crippen molar-refractivity contribution in [2.45, 2.75) is 0 Å². The van der Waals surface area contributed by atoms with Crippen LogP contribution in [0.3, 0.4) is 0 Å². The van der Waals surface area contributed by atoms with Crippen LogP contribution in [0.5, 0.6) is 0 Å². The van der Waals surface area contributed by atoms with Crippen LogP contribution in [0.25, 0.3) is 93.2 Å². The molecule has 0 atom stereocenters. The minimum atomic E-state index is 1.10. The van der Waals surface area contributed by atoms with Gasteiger partial charge < -0.3 is 9.47 Å². The summed E-state index contributed by atoms with van der Waals surface area (Å²) >= 11 is 0. The molecule has 0 aliphatic rings. The summed E-state index contributed by atoms with van der Waals surface area (Å²) in [7, 11) is 0. The Balaban J connectivity index is 0.960. The molecule has 290 valence electrons. The molecule has 2 nitrogen and oxygen atoms in total. The van der Waals surface area contributed by atoms with Crippen LogP contribution in [-0.4, -0.2) is 4.57 Å². The highest BCUT2D eigenvalue weighted by Crippen LogP contribution is 2.43. The Morgan fingerprint density at radius 2 is 0.742 bits per heavy atom. The van der Waals surface area contributed by atoms with E-state index in [2.05, 4.69) is 252 Å². The average molecular weight is 789 g/mol. The van der Waals surface area contributed by atoms with E-state index in [9.17, 15) is 0 Å². The van der Waals surface area contributed by atoms with Crippen LogP contribution in [0.15, 0.2) is 243 Å². The zero-order chi connectivity index (χ0) is 41.0. The smallest absolute Gasteiger partial charge is 0.0546 e. The van der Waals surface area contributed by atoms with E-state index in [1.54, 1.807) is 0 Å². The van der Waals surface area contributed by atoms with Crippen molar-refractivity contribution in [1.82, 2.24) is 4.57 Å². The molecule has 0 bridgehead atoms. The van der Waals surface area contributed by atoms with Crippen LogP contribution >= 0.6 is 0 Å². The standard InChI is InChI=1S/C60H40N2/c1-2-12-41(13-3-1)42-24-26-43(27-25-42)44-30-35-50(36-31-44)61(59-23-11-17-48-29-28-47-15-5-7-19-53(47)60(48)59)51-37-32-45(33-38-51)49-34-39-58-55(40-49)54-20-8-9-21-57(54)62(58)56-22-10-16-46-14-4-6-18-52(46)56/h1-40H. The molecule has 1 aromatic heterocycles. The minimum Gasteiger partial charge on any atom is -0.310 e. The predicted molar refractivity (Wildman–Crippen MR) is 264 cm³/mol. The fraction of sp³-hybridized carbons (Fsp3) is 0. The van der Waals surface area contributed by atoms with E-state index in [-0.39, 0.29) is 0 Å². The van der Waals surface area contributed by atoms with E-state index in [1.807, 2.05) is 0 Å². The highest BCUT2D eigenvalue weighted by atomic mass is 15.1. The summed E-state index contributed by atoms with van der Waals surface area (Å²) in [5.74, 6) is 0. The summed E-state index contributed by atoms with van der Waals surface area (Å²) in [5.41, 5.74) is 14.1. The molecule has 0 radical (unpaired) electrons. The summed E-state index contributed by atoms with van der Waals surface area (Å²) < 4.78 is 2.43. The molecular formula is C60H40N2. The lowest BCUT2D eigenvalue weighted by molar-refractivity contribution is 1.20. The monoisotopic (exact) mass is 788 g/mol. The maximum Gasteiger partial charge on any atom is 0.0546 e. The van der Waals surface area contributed by atoms with Gasteiger partial charge in [0.15, 0.2) is 0 Å². The number of nitrogens with zero attached hydrogens (tertiary/aromatic N) is 2. The number of hydrogen-bond donors (Lipinski definition) is 0. The average Bonchev–Trinajstić information content (AvgIpc) is 3.68. The van der Waals surface area contributed by atoms with Gasteiger partial charge in [0.1, 0.15) is 0 Å². The van der Waals surface area contributed by atoms with Crippen molar-refractivity contribution in [3.63, 3.8) is 0 Å². The summed E-state index contributed by atoms with van der Waals surface area (Å²) in [5, 5.41) is 9.91. The van der Waals surface area contributed by atoms with E-state index in [0.717, 1.165) is 17.1 Å². The Labute approximate surface area is 360 Å². The number of fused-ring (bicyclic) bond motifs is 7. The summed E-state index contributed by atoms with van der Waals surface area (Å²) in [6.07, 6.45) is 0. The van der Waals surface area contributed by atoms with E-state index in [0.29, 0.717) is 0 Å². The molecule has 0 aliphatic heterocycles. The Bertz CT molecular complexity index is 3600. The first-order valence-corrected chi connectivity index (χ1v) is 21.3. The Kier molecular flexibility index (Phi) is 8.53. The van der Waals surface area contributed by atoms with Crippen molar-refractivity contribution in [3.05, 3.63) is 243 Å². The van der Waals surface area contributed by atoms with Gasteiger partial charge in [-0.25, -0.2) is 0 Å². The second-order valence-corrected chi connectivity index (χ2v) is 16.1. The lowest BCUT2D eigenvalue weighted by Crippen LogP contribution is -2.10. The molecule has 12 aromatic rings. The van der Waals surface area contributed by atoms with Gasteiger partial charge >= 0.3 is 0 Å². The number of aromatic nitrogens is 1. The number of anilines is 3. The van der Waals surface area contributed by atoms with Gasteiger partial charge in [0, 0.05) is 32.9 Å². The van der Waals surface area contributed by atoms with Gasteiger partial charge in [0.05, 0.1) is 22.4 Å². The second-order valence-electron chi connectivity index (χ2n) is 16.1. The summed E-state index contributed by atoms with van der Waals surface area (Å²) in [4.78, 5) is 2.42. The number of benzene rings is 11. The van der Waals surface area contributed by atoms with Gasteiger partial charge in [0.25, 0.3) is 0 Å². The lowest BCUT2D eigenvalue weighted by Gasteiger charge is -2.28. The van der Waals surface area contributed by atoms with Crippen LogP contribution < -0.4 is 4.90 Å². The molecule has 62 heavy (non-hydrogen) atoms. The fourth-order valence-electron chi connectivity index (χ4n) is 9.56. The van der Waals surface area contributed by atoms with Gasteiger partial charge in [-0.1, -0.05) is 188 Å². The molecule has 0 saturated heterocycles. The van der Waals surface area contributed by atoms with Crippen molar-refractivity contribution in [1.29, 1.82) is 0 Å². The van der Waals surface area contributed by atoms with Crippen molar-refractivity contribution in [3.8, 4) is 39.1 Å². The highest BCUT2D eigenvalue weighted by molar-refractivity contribution is 6.15. The van der Waals surface area contributed by atoms with Gasteiger partial charge in [-0.15, -0.1) is 0 Å². The van der Waals surface area contributed by atoms with Crippen molar-refractivity contribution >= 4 is 71.2 Å². The molecule has 0 N–H and O–H groups in total. The van der Waals surface area contributed by atoms with Crippen molar-refractivity contribution < 1.29 is 0 Å². The van der Waals surface area contributed by atoms with Gasteiger partial charge in [-0.05, 0) is 110 Å². The first kappa shape index (κ1) is 35.7. The third kappa shape index (κ3) is 6.04. The molecule has 0 saturated carbocycles. The summed E-state index contributed by atoms with van der Waals surface area (Å²) in [6, 6.07) is 88.4. The molecular weight excluding hydrogens is 749 g/mol. The number of para-hydroxylation sites is 1. The summed E-state index contributed by atoms with van der Waals surface area (Å²) in [6.45, 7) is 0. The molecule has 1 heterocycles. The number of hydrogen-bond acceptors (Lipinski definition) is 1. The Morgan fingerprint density at radius 1 is 0.274 bits per heavy atom. The van der Waals surface area contributed by atoms with Crippen molar-refractivity contribution in [2.75, 3.05) is 4.90 Å². The maximum absolute atomic E-state index is 2.43. The van der Waals surface area contributed by atoms with Gasteiger partial charge in [-0.3, -0.25) is 0 Å². The van der Waals surface area contributed by atoms with Gasteiger partial charge in [0.2, 0.25) is 0 Å². The van der Waals surface area contributed by atoms with Crippen LogP contribution in [0.2, 0.25) is 0 Å². The fourth-order valence-corrected chi connectivity index (χ4v) is 9.56. The first-order chi connectivity index (χ1) is 30.7. The molecule has 0 spiro atoms. The first-order valence-electron chi connectivity index (χ1n) is 21.3. The maximum atomic E-state index is 2.43. The topological polar surface area (TPSA) is 8.17 Å². The van der Waals surface area contributed by atoms with Crippen LogP contribution in [0, 0.1) is 0 Å². The molecule has 0 fully saturated rings. The second kappa shape index (κ2) is 14.8. The minimum absolute atomic E-state index is 1.10. The quantitative estimate of drug-likeness (QED) is 0.146. The lowest BCUT2D eigenvalue weighted by atomic mass is 9.98. The number of rotatable bonds is 7. The van der Waals surface area contributed by atoms with E-state index in [1.165, 1.54) is 93.2 Å². The van der Waals surface area contributed by atoms with E-state index < -0.39 is 0 Å². The van der Waals surface area contributed by atoms with Crippen LogP contribution in [0.4, 0.5) is 17.1 Å². The van der Waals surface area contributed by atoms with Crippen LogP contribution in [-0.2, 0) is 0 Å². The molecule has 0 aliphatic carbocycles. The molecule has 2 heteroatoms. The predicted octanol–water partition coefficient (Wildman–Crippen LogP) is 16.7. The Morgan fingerprint density at radius 3 is 1.45 bits per heavy atom. The molecule has 0 unspecified atom stereocenters. The SMILES string of the molecule is c1ccc(-c2ccc(-c3ccc(N(c4ccc(-c5ccc6c(c5)c5ccccc5n6-c5cccc6ccccc56)cc4)c4cccc5ccc6ccccc6c45)cc3)cc2)cc1. The third-order valence-electron chi connectivity index (χ3n) is 12.6. The highest BCUT2D eigenvalue weighted by Gasteiger charge is 2.19. The zero-order valence-electron chi connectivity index (χ0n) is 34.0. The Hall–Kier alpha value is -8.20. The van der Waals surface area contributed by atoms with Gasteiger partial charge in [-0.2, -0.15) is 0 Å². The van der Waals surface area contributed by atoms with E-state index in [4.69, 9.17) is 0 Å². The zero-order valence-corrected chi connectivity index (χ0v) is 34.0. The van der Waals surface area contributed by atoms with Crippen LogP contribution in [0.1, 0.15) is 0 Å². The third-order valence-corrected chi connectivity index (χ3v) is 12.6. The van der Waals surface area contributed by atoms with E-state index >= 15 is 0 Å². The normalized spacial score (nSPS) is 11.5. The molecule has 12 rings (SSSR count). The molecule has 0 amide bonds. The van der Waals surface area contributed by atoms with Crippen molar-refractivity contribution in [2.24, 2.45) is 0 Å². The largest absolute Gasteiger partial charge is 0.310 e. The molecule has 11 aromatic carbocycles.